The average molecular weight is 275 g/mol. The second kappa shape index (κ2) is 4.96. The maximum Gasteiger partial charge on any atom is 0.413 e. The molecule has 0 radical (unpaired) electrons. The van der Waals surface area contributed by atoms with E-state index in [1.54, 1.807) is 19.1 Å². The molecule has 0 aliphatic carbocycles. The lowest BCUT2D eigenvalue weighted by molar-refractivity contribution is 0.189. The summed E-state index contributed by atoms with van der Waals surface area (Å²) < 4.78 is 6.44. The van der Waals surface area contributed by atoms with Gasteiger partial charge >= 0.3 is 11.7 Å². The highest BCUT2D eigenvalue weighted by atomic mass is 16.6. The van der Waals surface area contributed by atoms with Crippen LogP contribution < -0.4 is 15.6 Å². The van der Waals surface area contributed by atoms with Crippen LogP contribution in [0, 0.1) is 6.92 Å². The molecule has 106 valence electrons. The van der Waals surface area contributed by atoms with Crippen LogP contribution in [-0.2, 0) is 0 Å². The number of amides is 1. The summed E-state index contributed by atoms with van der Waals surface area (Å²) in [6, 6.07) is 5.31. The standard InChI is InChI=1S/C14H17N3O3/c1-9-6-5-7-11-15-8-10(12(18)17(9)11)20-13(19)16-14(2,3)4/h5-8H,1-4H3,(H,16,19). The predicted molar refractivity (Wildman–Crippen MR) is 75.1 cm³/mol. The van der Waals surface area contributed by atoms with E-state index in [-0.39, 0.29) is 5.75 Å². The fourth-order valence-corrected chi connectivity index (χ4v) is 1.76. The second-order valence-electron chi connectivity index (χ2n) is 5.55. The normalized spacial score (nSPS) is 11.4. The number of hydrogen-bond donors (Lipinski definition) is 1. The summed E-state index contributed by atoms with van der Waals surface area (Å²) in [7, 11) is 0. The molecule has 0 aliphatic heterocycles. The Morgan fingerprint density at radius 3 is 2.70 bits per heavy atom. The fourth-order valence-electron chi connectivity index (χ4n) is 1.76. The molecule has 1 N–H and O–H groups in total. The van der Waals surface area contributed by atoms with Crippen molar-refractivity contribution >= 4 is 11.7 Å². The minimum atomic E-state index is -0.676. The number of aromatic nitrogens is 2. The molecule has 1 amide bonds. The molecular weight excluding hydrogens is 258 g/mol. The quantitative estimate of drug-likeness (QED) is 0.862. The lowest BCUT2D eigenvalue weighted by Crippen LogP contribution is -2.42. The number of ether oxygens (including phenoxy) is 1. The number of pyridine rings is 1. The molecule has 2 aromatic rings. The molecule has 0 bridgehead atoms. The van der Waals surface area contributed by atoms with Crippen molar-refractivity contribution in [3.05, 3.63) is 40.4 Å². The van der Waals surface area contributed by atoms with Gasteiger partial charge in [-0.3, -0.25) is 9.20 Å². The van der Waals surface area contributed by atoms with Gasteiger partial charge in [0, 0.05) is 11.2 Å². The molecule has 0 aliphatic rings. The van der Waals surface area contributed by atoms with Crippen molar-refractivity contribution in [2.24, 2.45) is 0 Å². The number of nitrogens with zero attached hydrogens (tertiary/aromatic N) is 2. The van der Waals surface area contributed by atoms with Gasteiger partial charge in [-0.15, -0.1) is 0 Å². The van der Waals surface area contributed by atoms with Gasteiger partial charge in [-0.05, 0) is 39.8 Å². The Balaban J connectivity index is 2.37. The summed E-state index contributed by atoms with van der Waals surface area (Å²) in [6.45, 7) is 7.26. The van der Waals surface area contributed by atoms with Gasteiger partial charge in [0.25, 0.3) is 0 Å². The highest BCUT2D eigenvalue weighted by Gasteiger charge is 2.17. The number of fused-ring (bicyclic) bond motifs is 1. The molecule has 0 unspecified atom stereocenters. The van der Waals surface area contributed by atoms with Crippen LogP contribution in [0.3, 0.4) is 0 Å². The van der Waals surface area contributed by atoms with Gasteiger partial charge in [0.05, 0.1) is 6.20 Å². The lowest BCUT2D eigenvalue weighted by atomic mass is 10.1. The molecule has 6 nitrogen and oxygen atoms in total. The van der Waals surface area contributed by atoms with Crippen molar-refractivity contribution in [1.29, 1.82) is 0 Å². The van der Waals surface area contributed by atoms with Gasteiger partial charge in [-0.2, -0.15) is 0 Å². The van der Waals surface area contributed by atoms with E-state index in [4.69, 9.17) is 4.74 Å². The smallest absolute Gasteiger partial charge is 0.403 e. The van der Waals surface area contributed by atoms with E-state index in [2.05, 4.69) is 10.3 Å². The van der Waals surface area contributed by atoms with E-state index in [1.165, 1.54) is 10.6 Å². The van der Waals surface area contributed by atoms with E-state index in [0.29, 0.717) is 5.65 Å². The van der Waals surface area contributed by atoms with Gasteiger partial charge in [-0.25, -0.2) is 9.78 Å². The van der Waals surface area contributed by atoms with Gasteiger partial charge in [0.15, 0.2) is 0 Å². The van der Waals surface area contributed by atoms with Crippen LogP contribution in [0.25, 0.3) is 5.65 Å². The average Bonchev–Trinajstić information content (AvgIpc) is 2.30. The first-order chi connectivity index (χ1) is 9.28. The molecule has 6 heteroatoms. The molecule has 0 fully saturated rings. The summed E-state index contributed by atoms with van der Waals surface area (Å²) in [5.74, 6) is -0.0986. The Kier molecular flexibility index (Phi) is 3.48. The zero-order valence-corrected chi connectivity index (χ0v) is 11.9. The van der Waals surface area contributed by atoms with E-state index in [9.17, 15) is 9.59 Å². The number of rotatable bonds is 1. The Hall–Kier alpha value is -2.37. The number of carbonyl (C=O) groups excluding carboxylic acids is 1. The zero-order valence-electron chi connectivity index (χ0n) is 11.9. The number of hydrogen-bond acceptors (Lipinski definition) is 4. The molecule has 2 heterocycles. The maximum absolute atomic E-state index is 12.3. The second-order valence-corrected chi connectivity index (χ2v) is 5.55. The highest BCUT2D eigenvalue weighted by Crippen LogP contribution is 2.08. The van der Waals surface area contributed by atoms with Gasteiger partial charge in [0.2, 0.25) is 5.75 Å². The molecule has 2 aromatic heterocycles. The van der Waals surface area contributed by atoms with Gasteiger partial charge in [-0.1, -0.05) is 6.07 Å². The third-order valence-electron chi connectivity index (χ3n) is 2.57. The van der Waals surface area contributed by atoms with Crippen LogP contribution in [0.2, 0.25) is 0 Å². The molecule has 0 saturated heterocycles. The first-order valence-electron chi connectivity index (χ1n) is 6.25. The zero-order chi connectivity index (χ0) is 14.9. The Morgan fingerprint density at radius 2 is 2.05 bits per heavy atom. The summed E-state index contributed by atoms with van der Waals surface area (Å²) in [5.41, 5.74) is 0.394. The minimum Gasteiger partial charge on any atom is -0.403 e. The van der Waals surface area contributed by atoms with E-state index in [1.807, 2.05) is 26.8 Å². The summed E-state index contributed by atoms with van der Waals surface area (Å²) >= 11 is 0. The molecule has 20 heavy (non-hydrogen) atoms. The first kappa shape index (κ1) is 14.0. The highest BCUT2D eigenvalue weighted by molar-refractivity contribution is 5.71. The van der Waals surface area contributed by atoms with Crippen molar-refractivity contribution in [2.45, 2.75) is 33.2 Å². The van der Waals surface area contributed by atoms with E-state index < -0.39 is 17.2 Å². The van der Waals surface area contributed by atoms with Crippen LogP contribution in [0.15, 0.2) is 29.2 Å². The maximum atomic E-state index is 12.3. The predicted octanol–water partition coefficient (Wildman–Crippen LogP) is 1.89. The lowest BCUT2D eigenvalue weighted by Gasteiger charge is -2.19. The molecule has 0 saturated carbocycles. The van der Waals surface area contributed by atoms with Gasteiger partial charge in [0.1, 0.15) is 5.65 Å². The third-order valence-corrected chi connectivity index (χ3v) is 2.57. The third kappa shape index (κ3) is 2.96. The van der Waals surface area contributed by atoms with Crippen molar-refractivity contribution in [2.75, 3.05) is 0 Å². The van der Waals surface area contributed by atoms with Crippen LogP contribution >= 0.6 is 0 Å². The molecular formula is C14H17N3O3. The summed E-state index contributed by atoms with van der Waals surface area (Å²) in [5, 5.41) is 2.62. The largest absolute Gasteiger partial charge is 0.413 e. The van der Waals surface area contributed by atoms with Crippen LogP contribution in [0.1, 0.15) is 26.5 Å². The van der Waals surface area contributed by atoms with Crippen LogP contribution in [0.4, 0.5) is 4.79 Å². The number of carbonyl (C=O) groups is 1. The molecule has 0 spiro atoms. The molecule has 0 aromatic carbocycles. The minimum absolute atomic E-state index is 0.0986. The van der Waals surface area contributed by atoms with E-state index >= 15 is 0 Å². The number of nitrogens with one attached hydrogen (secondary N) is 1. The van der Waals surface area contributed by atoms with E-state index in [0.717, 1.165) is 5.69 Å². The monoisotopic (exact) mass is 275 g/mol. The molecule has 0 atom stereocenters. The van der Waals surface area contributed by atoms with Crippen molar-refractivity contribution in [3.8, 4) is 5.75 Å². The van der Waals surface area contributed by atoms with Crippen molar-refractivity contribution in [1.82, 2.24) is 14.7 Å². The van der Waals surface area contributed by atoms with Gasteiger partial charge < -0.3 is 10.1 Å². The van der Waals surface area contributed by atoms with Crippen molar-refractivity contribution < 1.29 is 9.53 Å². The van der Waals surface area contributed by atoms with Crippen molar-refractivity contribution in [3.63, 3.8) is 0 Å². The van der Waals surface area contributed by atoms with Crippen LogP contribution in [-0.4, -0.2) is 21.0 Å². The fraction of sp³-hybridized carbons (Fsp3) is 0.357. The molecule has 2 rings (SSSR count). The summed E-state index contributed by atoms with van der Waals surface area (Å²) in [6.07, 6.45) is 0.587. The Bertz CT molecular complexity index is 714. The first-order valence-corrected chi connectivity index (χ1v) is 6.25. The number of aryl methyl sites for hydroxylation is 1. The van der Waals surface area contributed by atoms with Crippen LogP contribution in [0.5, 0.6) is 5.75 Å². The Morgan fingerprint density at radius 1 is 1.35 bits per heavy atom. The summed E-state index contributed by atoms with van der Waals surface area (Å²) in [4.78, 5) is 28.1. The SMILES string of the molecule is Cc1cccc2ncc(OC(=O)NC(C)(C)C)c(=O)n12. The Labute approximate surface area is 116 Å². The topological polar surface area (TPSA) is 72.7 Å².